The zero-order chi connectivity index (χ0) is 12.8. The van der Waals surface area contributed by atoms with Gasteiger partial charge in [-0.2, -0.15) is 5.11 Å². The first kappa shape index (κ1) is 15.4. The van der Waals surface area contributed by atoms with Gasteiger partial charge < -0.3 is 14.6 Å². The molecule has 1 aromatic carbocycles. The minimum Gasteiger partial charge on any atom is -0.746 e. The summed E-state index contributed by atoms with van der Waals surface area (Å²) in [6, 6.07) is 2.73. The largest absolute Gasteiger partial charge is 1.00 e. The molecule has 1 aliphatic rings. The number of phenolic OH excluding ortho intramolecular Hbond substituents is 1. The van der Waals surface area contributed by atoms with Crippen LogP contribution in [-0.4, -0.2) is 30.5 Å². The van der Waals surface area contributed by atoms with Crippen LogP contribution in [0.2, 0.25) is 0 Å². The molecule has 1 heterocycles. The van der Waals surface area contributed by atoms with E-state index >= 15 is 0 Å². The van der Waals surface area contributed by atoms with Crippen molar-refractivity contribution in [1.82, 2.24) is 0 Å². The normalized spacial score (nSPS) is 18.1. The topological polar surface area (TPSA) is 117 Å². The van der Waals surface area contributed by atoms with Gasteiger partial charge >= 0.3 is 29.6 Å². The molecule has 1 atom stereocenters. The summed E-state index contributed by atoms with van der Waals surface area (Å²) in [6.45, 7) is 0. The summed E-state index contributed by atoms with van der Waals surface area (Å²) in [5.74, 6) is -0.213. The van der Waals surface area contributed by atoms with Crippen molar-refractivity contribution in [3.63, 3.8) is 0 Å². The molecule has 92 valence electrons. The Morgan fingerprint density at radius 3 is 2.67 bits per heavy atom. The summed E-state index contributed by atoms with van der Waals surface area (Å²) in [5.41, 5.74) is 7.95. The van der Waals surface area contributed by atoms with E-state index in [0.717, 1.165) is 0 Å². The fourth-order valence-electron chi connectivity index (χ4n) is 1.97. The van der Waals surface area contributed by atoms with Gasteiger partial charge in [-0.25, -0.2) is 13.9 Å². The van der Waals surface area contributed by atoms with E-state index in [4.69, 9.17) is 5.53 Å². The minimum absolute atomic E-state index is 0. The number of benzene rings is 1. The number of hydrogen-bond acceptors (Lipinski definition) is 7. The molecular weight excluding hydrogens is 269 g/mol. The van der Waals surface area contributed by atoms with E-state index in [-0.39, 0.29) is 47.4 Å². The van der Waals surface area contributed by atoms with Crippen molar-refractivity contribution >= 4 is 21.5 Å². The molecule has 9 heteroatoms. The van der Waals surface area contributed by atoms with Crippen LogP contribution in [0.5, 0.6) is 5.75 Å². The van der Waals surface area contributed by atoms with E-state index < -0.39 is 15.5 Å². The van der Waals surface area contributed by atoms with Crippen LogP contribution < -0.4 is 34.5 Å². The second-order valence-electron chi connectivity index (χ2n) is 3.84. The van der Waals surface area contributed by atoms with E-state index in [9.17, 15) is 18.1 Å². The smallest absolute Gasteiger partial charge is 0.746 e. The van der Waals surface area contributed by atoms with Crippen LogP contribution in [0.1, 0.15) is 5.56 Å². The standard InChI is InChI=1S/C9H11N3O4S.Na/c1-12-7-4-8(13)6(11-10)2-5(7)3-9(12)17(14,15)16;/h2,4,9-10,13H,3H2,1H3,(H,14,15,16);/q;+1/p-1. The van der Waals surface area contributed by atoms with Gasteiger partial charge in [0.2, 0.25) is 0 Å². The zero-order valence-electron chi connectivity index (χ0n) is 9.91. The number of nitrogens with zero attached hydrogens (tertiary/aromatic N) is 2. The Labute approximate surface area is 126 Å². The fourth-order valence-corrected chi connectivity index (χ4v) is 2.85. The molecule has 1 aliphatic heterocycles. The molecule has 0 amide bonds. The molecule has 0 saturated carbocycles. The van der Waals surface area contributed by atoms with Gasteiger partial charge in [-0.1, -0.05) is 0 Å². The summed E-state index contributed by atoms with van der Waals surface area (Å²) in [7, 11) is -2.96. The molecule has 18 heavy (non-hydrogen) atoms. The Balaban J connectivity index is 0.00000162. The number of rotatable bonds is 2. The van der Waals surface area contributed by atoms with Crippen LogP contribution >= 0.6 is 0 Å². The van der Waals surface area contributed by atoms with Gasteiger partial charge in [0.1, 0.15) is 26.9 Å². The Hall–Kier alpha value is -0.670. The van der Waals surface area contributed by atoms with Crippen molar-refractivity contribution in [3.05, 3.63) is 17.7 Å². The molecule has 0 spiro atoms. The number of likely N-dealkylation sites (N-methyl/N-ethyl adjacent to an activating group) is 1. The third kappa shape index (κ3) is 2.52. The summed E-state index contributed by atoms with van der Waals surface area (Å²) in [4.78, 5) is 1.31. The molecule has 1 aromatic rings. The summed E-state index contributed by atoms with van der Waals surface area (Å²) in [6.07, 6.45) is 0.0421. The van der Waals surface area contributed by atoms with Gasteiger partial charge in [-0.3, -0.25) is 0 Å². The number of fused-ring (bicyclic) bond motifs is 1. The van der Waals surface area contributed by atoms with Gasteiger partial charge in [0.25, 0.3) is 0 Å². The van der Waals surface area contributed by atoms with Crippen molar-refractivity contribution in [2.45, 2.75) is 11.8 Å². The molecule has 1 unspecified atom stereocenters. The first-order valence-electron chi connectivity index (χ1n) is 4.75. The third-order valence-corrected chi connectivity index (χ3v) is 3.99. The average molecular weight is 279 g/mol. The molecule has 0 bridgehead atoms. The van der Waals surface area contributed by atoms with Crippen molar-refractivity contribution in [2.24, 2.45) is 5.11 Å². The van der Waals surface area contributed by atoms with Crippen molar-refractivity contribution in [2.75, 3.05) is 11.9 Å². The quantitative estimate of drug-likeness (QED) is 0.366. The Morgan fingerprint density at radius 2 is 2.17 bits per heavy atom. The maximum atomic E-state index is 11.0. The Kier molecular flexibility index (Phi) is 4.39. The number of nitrogens with one attached hydrogen (secondary N) is 1. The van der Waals surface area contributed by atoms with Crippen LogP contribution in [0.15, 0.2) is 17.2 Å². The Bertz CT molecular complexity index is 590. The molecule has 0 aromatic heterocycles. The molecule has 2 rings (SSSR count). The molecule has 0 aliphatic carbocycles. The maximum absolute atomic E-state index is 11.0. The fraction of sp³-hybridized carbons (Fsp3) is 0.333. The van der Waals surface area contributed by atoms with Gasteiger partial charge in [0.15, 0.2) is 0 Å². The Morgan fingerprint density at radius 1 is 1.56 bits per heavy atom. The molecule has 2 N–H and O–H groups in total. The maximum Gasteiger partial charge on any atom is 1.00 e. The molecule has 7 nitrogen and oxygen atoms in total. The van der Waals surface area contributed by atoms with Gasteiger partial charge in [-0.15, -0.1) is 0 Å². The predicted molar refractivity (Wildman–Crippen MR) is 58.5 cm³/mol. The molecule has 0 saturated heterocycles. The zero-order valence-corrected chi connectivity index (χ0v) is 12.7. The number of hydrogen-bond donors (Lipinski definition) is 2. The van der Waals surface area contributed by atoms with Crippen LogP contribution in [-0.2, 0) is 16.5 Å². The first-order chi connectivity index (χ1) is 7.84. The second kappa shape index (κ2) is 5.14. The monoisotopic (exact) mass is 279 g/mol. The van der Waals surface area contributed by atoms with Crippen molar-refractivity contribution in [3.8, 4) is 5.75 Å². The van der Waals surface area contributed by atoms with E-state index in [1.54, 1.807) is 0 Å². The second-order valence-corrected chi connectivity index (χ2v) is 5.37. The minimum atomic E-state index is -4.44. The summed E-state index contributed by atoms with van der Waals surface area (Å²) in [5, 5.41) is 11.5. The van der Waals surface area contributed by atoms with Crippen LogP contribution in [0.25, 0.3) is 0 Å². The van der Waals surface area contributed by atoms with Gasteiger partial charge in [-0.05, 0) is 11.6 Å². The van der Waals surface area contributed by atoms with E-state index in [2.05, 4.69) is 5.11 Å². The van der Waals surface area contributed by atoms with Crippen LogP contribution in [0.4, 0.5) is 11.4 Å². The average Bonchev–Trinajstić information content (AvgIpc) is 2.54. The van der Waals surface area contributed by atoms with Crippen molar-refractivity contribution < 1.29 is 47.6 Å². The van der Waals surface area contributed by atoms with Crippen LogP contribution in [0, 0.1) is 5.53 Å². The first-order valence-corrected chi connectivity index (χ1v) is 6.22. The molecule has 0 fully saturated rings. The van der Waals surface area contributed by atoms with Gasteiger partial charge in [0, 0.05) is 25.2 Å². The molecular formula is C9H10N3NaO4S. The SMILES string of the molecule is CN1c2cc(O)c(N=N)cc2CC1S(=O)(=O)[O-].[Na+]. The predicted octanol–water partition coefficient (Wildman–Crippen LogP) is -2.08. The summed E-state index contributed by atoms with van der Waals surface area (Å²) < 4.78 is 33.1. The molecule has 0 radical (unpaired) electrons. The number of aromatic hydroxyl groups is 1. The number of anilines is 1. The van der Waals surface area contributed by atoms with Crippen LogP contribution in [0.3, 0.4) is 0 Å². The van der Waals surface area contributed by atoms with E-state index in [0.29, 0.717) is 11.3 Å². The van der Waals surface area contributed by atoms with Gasteiger partial charge in [0.05, 0.1) is 0 Å². The third-order valence-electron chi connectivity index (χ3n) is 2.84. The summed E-state index contributed by atoms with van der Waals surface area (Å²) >= 11 is 0. The number of phenols is 1. The van der Waals surface area contributed by atoms with Crippen molar-refractivity contribution in [1.29, 1.82) is 5.53 Å². The van der Waals surface area contributed by atoms with E-state index in [1.807, 2.05) is 0 Å². The van der Waals surface area contributed by atoms with E-state index in [1.165, 1.54) is 24.1 Å².